The maximum atomic E-state index is 13.7. The average Bonchev–Trinajstić information content (AvgIpc) is 2.49. The summed E-state index contributed by atoms with van der Waals surface area (Å²) in [7, 11) is 0. The Morgan fingerprint density at radius 3 is 2.62 bits per heavy atom. The average molecular weight is 288 g/mol. The zero-order valence-electron chi connectivity index (χ0n) is 11.5. The van der Waals surface area contributed by atoms with Crippen LogP contribution < -0.4 is 15.8 Å². The first-order valence-corrected chi connectivity index (χ1v) is 6.63. The topological polar surface area (TPSA) is 64.4 Å². The first-order chi connectivity index (χ1) is 10.2. The first-order valence-electron chi connectivity index (χ1n) is 6.63. The van der Waals surface area contributed by atoms with E-state index < -0.39 is 11.7 Å². The molecule has 2 rings (SSSR count). The van der Waals surface area contributed by atoms with Gasteiger partial charge in [-0.1, -0.05) is 24.3 Å². The van der Waals surface area contributed by atoms with Gasteiger partial charge in [-0.05, 0) is 24.3 Å². The van der Waals surface area contributed by atoms with Crippen LogP contribution in [0, 0.1) is 5.82 Å². The van der Waals surface area contributed by atoms with Gasteiger partial charge in [0.25, 0.3) is 0 Å². The predicted molar refractivity (Wildman–Crippen MR) is 78.6 cm³/mol. The molecule has 110 valence electrons. The monoisotopic (exact) mass is 288 g/mol. The van der Waals surface area contributed by atoms with E-state index in [2.05, 4.69) is 5.32 Å². The summed E-state index contributed by atoms with van der Waals surface area (Å²) in [5.74, 6) is -0.274. The Hall–Kier alpha value is -2.40. The van der Waals surface area contributed by atoms with Gasteiger partial charge in [-0.3, -0.25) is 4.79 Å². The molecule has 0 bridgehead atoms. The molecule has 5 heteroatoms. The number of nitrogens with one attached hydrogen (secondary N) is 1. The first kappa shape index (κ1) is 15.0. The van der Waals surface area contributed by atoms with Gasteiger partial charge < -0.3 is 15.8 Å². The van der Waals surface area contributed by atoms with Crippen LogP contribution >= 0.6 is 0 Å². The van der Waals surface area contributed by atoms with Crippen molar-refractivity contribution in [2.75, 3.05) is 13.2 Å². The highest BCUT2D eigenvalue weighted by atomic mass is 19.1. The molecule has 0 aliphatic carbocycles. The standard InChI is InChI=1S/C16H17FN2O2/c17-15-10-12(16(18)20)6-7-13(15)11-19-8-9-21-14-4-2-1-3-5-14/h1-7,10,19H,8-9,11H2,(H2,18,20). The van der Waals surface area contributed by atoms with Gasteiger partial charge in [0.05, 0.1) is 0 Å². The second kappa shape index (κ2) is 7.40. The number of nitrogens with two attached hydrogens (primary N) is 1. The Bertz CT molecular complexity index is 602. The number of halogens is 1. The van der Waals surface area contributed by atoms with E-state index in [9.17, 15) is 9.18 Å². The predicted octanol–water partition coefficient (Wildman–Crippen LogP) is 2.09. The fourth-order valence-electron chi connectivity index (χ4n) is 1.82. The molecule has 0 heterocycles. The van der Waals surface area contributed by atoms with E-state index in [0.29, 0.717) is 25.3 Å². The van der Waals surface area contributed by atoms with Crippen molar-refractivity contribution in [1.29, 1.82) is 0 Å². The zero-order valence-corrected chi connectivity index (χ0v) is 11.5. The van der Waals surface area contributed by atoms with Gasteiger partial charge in [0.15, 0.2) is 0 Å². The van der Waals surface area contributed by atoms with E-state index in [4.69, 9.17) is 10.5 Å². The fraction of sp³-hybridized carbons (Fsp3) is 0.188. The summed E-state index contributed by atoms with van der Waals surface area (Å²) in [6.07, 6.45) is 0. The van der Waals surface area contributed by atoms with E-state index >= 15 is 0 Å². The number of rotatable bonds is 7. The van der Waals surface area contributed by atoms with Crippen molar-refractivity contribution in [3.8, 4) is 5.75 Å². The Balaban J connectivity index is 1.75. The fourth-order valence-corrected chi connectivity index (χ4v) is 1.82. The van der Waals surface area contributed by atoms with Crippen LogP contribution in [0.25, 0.3) is 0 Å². The summed E-state index contributed by atoms with van der Waals surface area (Å²) in [6.45, 7) is 1.44. The molecule has 0 aromatic heterocycles. The van der Waals surface area contributed by atoms with Gasteiger partial charge in [0, 0.05) is 24.2 Å². The highest BCUT2D eigenvalue weighted by Crippen LogP contribution is 2.10. The number of benzene rings is 2. The van der Waals surface area contributed by atoms with Gasteiger partial charge in [0.2, 0.25) is 5.91 Å². The highest BCUT2D eigenvalue weighted by molar-refractivity contribution is 5.92. The maximum absolute atomic E-state index is 13.7. The smallest absolute Gasteiger partial charge is 0.248 e. The van der Waals surface area contributed by atoms with Crippen LogP contribution in [0.1, 0.15) is 15.9 Å². The van der Waals surface area contributed by atoms with Crippen molar-refractivity contribution in [1.82, 2.24) is 5.32 Å². The largest absolute Gasteiger partial charge is 0.492 e. The summed E-state index contributed by atoms with van der Waals surface area (Å²) >= 11 is 0. The van der Waals surface area contributed by atoms with E-state index in [0.717, 1.165) is 11.8 Å². The minimum atomic E-state index is -0.635. The van der Waals surface area contributed by atoms with Crippen LogP contribution in [0.3, 0.4) is 0 Å². The molecule has 0 atom stereocenters. The molecule has 0 saturated heterocycles. The quantitative estimate of drug-likeness (QED) is 0.767. The minimum Gasteiger partial charge on any atom is -0.492 e. The number of para-hydroxylation sites is 1. The number of hydrogen-bond donors (Lipinski definition) is 2. The molecular formula is C16H17FN2O2. The van der Waals surface area contributed by atoms with Crippen molar-refractivity contribution in [3.63, 3.8) is 0 Å². The number of ether oxygens (including phenoxy) is 1. The third-order valence-corrected chi connectivity index (χ3v) is 2.94. The molecule has 0 aliphatic heterocycles. The summed E-state index contributed by atoms with van der Waals surface area (Å²) in [5, 5.41) is 3.08. The Morgan fingerprint density at radius 1 is 1.19 bits per heavy atom. The van der Waals surface area contributed by atoms with Gasteiger partial charge in [0.1, 0.15) is 18.2 Å². The molecule has 4 nitrogen and oxygen atoms in total. The maximum Gasteiger partial charge on any atom is 0.248 e. The second-order valence-electron chi connectivity index (χ2n) is 4.51. The Morgan fingerprint density at radius 2 is 1.95 bits per heavy atom. The van der Waals surface area contributed by atoms with E-state index in [1.165, 1.54) is 6.07 Å². The molecule has 21 heavy (non-hydrogen) atoms. The third-order valence-electron chi connectivity index (χ3n) is 2.94. The van der Waals surface area contributed by atoms with E-state index in [1.807, 2.05) is 30.3 Å². The molecule has 1 amide bonds. The summed E-state index contributed by atoms with van der Waals surface area (Å²) < 4.78 is 19.2. The molecule has 0 spiro atoms. The van der Waals surface area contributed by atoms with Crippen LogP contribution in [-0.2, 0) is 6.54 Å². The van der Waals surface area contributed by atoms with Crippen LogP contribution in [0.4, 0.5) is 4.39 Å². The van der Waals surface area contributed by atoms with E-state index in [1.54, 1.807) is 6.07 Å². The van der Waals surface area contributed by atoms with Gasteiger partial charge >= 0.3 is 0 Å². The summed E-state index contributed by atoms with van der Waals surface area (Å²) in [6, 6.07) is 13.7. The lowest BCUT2D eigenvalue weighted by atomic mass is 10.1. The Kier molecular flexibility index (Phi) is 5.29. The van der Waals surface area contributed by atoms with Gasteiger partial charge in [-0.25, -0.2) is 4.39 Å². The number of primary amides is 1. The van der Waals surface area contributed by atoms with Gasteiger partial charge in [-0.15, -0.1) is 0 Å². The lowest BCUT2D eigenvalue weighted by molar-refractivity contribution is 0.1000. The summed E-state index contributed by atoms with van der Waals surface area (Å²) in [5.41, 5.74) is 5.75. The molecule has 0 radical (unpaired) electrons. The van der Waals surface area contributed by atoms with Crippen molar-refractivity contribution < 1.29 is 13.9 Å². The lowest BCUT2D eigenvalue weighted by Crippen LogP contribution is -2.21. The molecule has 3 N–H and O–H groups in total. The van der Waals surface area contributed by atoms with Crippen molar-refractivity contribution in [2.45, 2.75) is 6.54 Å². The molecule has 2 aromatic carbocycles. The van der Waals surface area contributed by atoms with E-state index in [-0.39, 0.29) is 5.56 Å². The minimum absolute atomic E-state index is 0.170. The molecule has 0 fully saturated rings. The SMILES string of the molecule is NC(=O)c1ccc(CNCCOc2ccccc2)c(F)c1. The summed E-state index contributed by atoms with van der Waals surface area (Å²) in [4.78, 5) is 10.9. The number of hydrogen-bond acceptors (Lipinski definition) is 3. The normalized spacial score (nSPS) is 10.3. The van der Waals surface area contributed by atoms with Crippen molar-refractivity contribution in [2.24, 2.45) is 5.73 Å². The van der Waals surface area contributed by atoms with Crippen LogP contribution in [0.2, 0.25) is 0 Å². The molecule has 0 aliphatic rings. The molecule has 0 saturated carbocycles. The van der Waals surface area contributed by atoms with Crippen molar-refractivity contribution >= 4 is 5.91 Å². The third kappa shape index (κ3) is 4.57. The van der Waals surface area contributed by atoms with Crippen LogP contribution in [0.5, 0.6) is 5.75 Å². The van der Waals surface area contributed by atoms with Gasteiger partial charge in [-0.2, -0.15) is 0 Å². The molecule has 2 aromatic rings. The van der Waals surface area contributed by atoms with Crippen LogP contribution in [0.15, 0.2) is 48.5 Å². The Labute approximate surface area is 122 Å². The number of amides is 1. The second-order valence-corrected chi connectivity index (χ2v) is 4.51. The zero-order chi connectivity index (χ0) is 15.1. The van der Waals surface area contributed by atoms with Crippen molar-refractivity contribution in [3.05, 3.63) is 65.5 Å². The van der Waals surface area contributed by atoms with Crippen LogP contribution in [-0.4, -0.2) is 19.1 Å². The highest BCUT2D eigenvalue weighted by Gasteiger charge is 2.06. The lowest BCUT2D eigenvalue weighted by Gasteiger charge is -2.08. The number of carbonyl (C=O) groups excluding carboxylic acids is 1. The molecule has 0 unspecified atom stereocenters. The number of carbonyl (C=O) groups is 1. The molecular weight excluding hydrogens is 271 g/mol.